The lowest BCUT2D eigenvalue weighted by atomic mass is 9.99. The zero-order valence-corrected chi connectivity index (χ0v) is 36.5. The molecule has 1 saturated heterocycles. The molecule has 57 heavy (non-hydrogen) atoms. The van der Waals surface area contributed by atoms with Crippen molar-refractivity contribution in [3.8, 4) is 0 Å². The number of carbonyl (C=O) groups excluding carboxylic acids is 1. The van der Waals surface area contributed by atoms with Gasteiger partial charge in [-0.05, 0) is 44.9 Å². The molecular formula is C47H89NO9. The molecule has 10 heteroatoms. The molecule has 0 saturated carbocycles. The lowest BCUT2D eigenvalue weighted by Crippen LogP contribution is -2.60. The van der Waals surface area contributed by atoms with Gasteiger partial charge in [0.05, 0.1) is 25.4 Å². The van der Waals surface area contributed by atoms with Gasteiger partial charge in [-0.1, -0.05) is 186 Å². The first kappa shape index (κ1) is 53.6. The topological polar surface area (TPSA) is 169 Å². The number of hydrogen-bond donors (Lipinski definition) is 7. The highest BCUT2D eigenvalue weighted by molar-refractivity contribution is 5.80. The molecule has 0 bridgehead atoms. The molecule has 0 aromatic heterocycles. The summed E-state index contributed by atoms with van der Waals surface area (Å²) in [5, 5.41) is 64.6. The molecule has 336 valence electrons. The predicted octanol–water partition coefficient (Wildman–Crippen LogP) is 8.86. The number of carbonyl (C=O) groups is 1. The van der Waals surface area contributed by atoms with Crippen molar-refractivity contribution in [1.29, 1.82) is 0 Å². The van der Waals surface area contributed by atoms with Crippen molar-refractivity contribution in [2.45, 2.75) is 255 Å². The Kier molecular flexibility index (Phi) is 35.4. The van der Waals surface area contributed by atoms with Gasteiger partial charge in [-0.15, -0.1) is 0 Å². The molecule has 1 aliphatic rings. The monoisotopic (exact) mass is 812 g/mol. The smallest absolute Gasteiger partial charge is 0.249 e. The molecule has 1 heterocycles. The zero-order valence-electron chi connectivity index (χ0n) is 36.5. The quantitative estimate of drug-likeness (QED) is 0.0237. The van der Waals surface area contributed by atoms with Crippen molar-refractivity contribution in [2.24, 2.45) is 0 Å². The Morgan fingerprint density at radius 3 is 1.49 bits per heavy atom. The Morgan fingerprint density at radius 1 is 0.596 bits per heavy atom. The van der Waals surface area contributed by atoms with Crippen molar-refractivity contribution in [3.63, 3.8) is 0 Å². The van der Waals surface area contributed by atoms with Crippen LogP contribution in [0.3, 0.4) is 0 Å². The van der Waals surface area contributed by atoms with E-state index in [1.165, 1.54) is 128 Å². The van der Waals surface area contributed by atoms with Crippen LogP contribution in [0.15, 0.2) is 24.3 Å². The van der Waals surface area contributed by atoms with Crippen LogP contribution in [-0.2, 0) is 14.3 Å². The molecule has 0 radical (unpaired) electrons. The molecule has 0 aliphatic carbocycles. The fourth-order valence-corrected chi connectivity index (χ4v) is 7.45. The third-order valence-electron chi connectivity index (χ3n) is 11.4. The van der Waals surface area contributed by atoms with Crippen molar-refractivity contribution in [2.75, 3.05) is 13.2 Å². The van der Waals surface area contributed by atoms with Crippen LogP contribution in [0.1, 0.15) is 206 Å². The summed E-state index contributed by atoms with van der Waals surface area (Å²) in [6.07, 6.45) is 34.1. The van der Waals surface area contributed by atoms with Crippen LogP contribution in [0.5, 0.6) is 0 Å². The van der Waals surface area contributed by atoms with Crippen LogP contribution < -0.4 is 5.32 Å². The Hall–Kier alpha value is -1.37. The van der Waals surface area contributed by atoms with E-state index in [1.807, 2.05) is 6.08 Å². The van der Waals surface area contributed by atoms with E-state index in [4.69, 9.17) is 9.47 Å². The summed E-state index contributed by atoms with van der Waals surface area (Å²) in [5.74, 6) is -0.621. The lowest BCUT2D eigenvalue weighted by molar-refractivity contribution is -0.302. The Labute approximate surface area is 348 Å². The first-order chi connectivity index (χ1) is 27.8. The van der Waals surface area contributed by atoms with Crippen molar-refractivity contribution >= 4 is 5.91 Å². The third kappa shape index (κ3) is 27.9. The molecule has 1 rings (SSSR count). The second-order valence-corrected chi connectivity index (χ2v) is 16.7. The number of allylic oxidation sites excluding steroid dienone is 3. The highest BCUT2D eigenvalue weighted by Gasteiger charge is 2.44. The molecule has 1 amide bonds. The summed E-state index contributed by atoms with van der Waals surface area (Å²) in [7, 11) is 0. The number of unbranched alkanes of at least 4 members (excludes halogenated alkanes) is 26. The standard InChI is InChI=1S/C47H89NO9/c1-3-5-7-9-11-13-15-17-18-19-20-21-22-24-26-28-30-32-34-36-41(51)46(55)48-39(38-56-47-45(54)44(53)43(52)42(37-49)57-47)40(50)35-33-31-29-27-25-23-16-14-12-10-8-6-4-2/h16,23,33,35,39-45,47,49-54H,3-15,17-22,24-32,34,36-38H2,1-2H3,(H,48,55). The van der Waals surface area contributed by atoms with Gasteiger partial charge in [0.1, 0.15) is 30.5 Å². The highest BCUT2D eigenvalue weighted by atomic mass is 16.7. The first-order valence-electron chi connectivity index (χ1n) is 23.7. The number of nitrogens with one attached hydrogen (secondary N) is 1. The van der Waals surface area contributed by atoms with E-state index in [1.54, 1.807) is 6.08 Å². The minimum Gasteiger partial charge on any atom is -0.394 e. The second kappa shape index (κ2) is 37.6. The largest absolute Gasteiger partial charge is 0.394 e. The molecule has 0 spiro atoms. The van der Waals surface area contributed by atoms with Gasteiger partial charge in [-0.25, -0.2) is 0 Å². The van der Waals surface area contributed by atoms with E-state index in [0.717, 1.165) is 57.8 Å². The van der Waals surface area contributed by atoms with E-state index in [0.29, 0.717) is 6.42 Å². The van der Waals surface area contributed by atoms with Crippen molar-refractivity contribution in [3.05, 3.63) is 24.3 Å². The van der Waals surface area contributed by atoms with Crippen LogP contribution in [0, 0.1) is 0 Å². The molecule has 0 aromatic rings. The zero-order chi connectivity index (χ0) is 41.8. The molecule has 0 aromatic carbocycles. The number of ether oxygens (including phenoxy) is 2. The van der Waals surface area contributed by atoms with E-state index in [2.05, 4.69) is 31.3 Å². The maximum Gasteiger partial charge on any atom is 0.249 e. The molecule has 1 fully saturated rings. The number of hydrogen-bond acceptors (Lipinski definition) is 9. The molecule has 10 nitrogen and oxygen atoms in total. The molecular weight excluding hydrogens is 723 g/mol. The molecule has 7 N–H and O–H groups in total. The molecule has 8 unspecified atom stereocenters. The fraction of sp³-hybridized carbons (Fsp3) is 0.894. The number of rotatable bonds is 39. The van der Waals surface area contributed by atoms with Gasteiger partial charge in [0.2, 0.25) is 5.91 Å². The maximum atomic E-state index is 13.0. The lowest BCUT2D eigenvalue weighted by Gasteiger charge is -2.40. The van der Waals surface area contributed by atoms with Crippen molar-refractivity contribution < 1.29 is 44.9 Å². The Balaban J connectivity index is 2.38. The summed E-state index contributed by atoms with van der Waals surface area (Å²) < 4.78 is 11.1. The van der Waals surface area contributed by atoms with Gasteiger partial charge in [-0.3, -0.25) is 4.79 Å². The summed E-state index contributed by atoms with van der Waals surface area (Å²) in [6.45, 7) is 3.59. The normalized spacial score (nSPS) is 21.7. The van der Waals surface area contributed by atoms with Gasteiger partial charge < -0.3 is 45.4 Å². The van der Waals surface area contributed by atoms with Gasteiger partial charge >= 0.3 is 0 Å². The van der Waals surface area contributed by atoms with E-state index >= 15 is 0 Å². The highest BCUT2D eigenvalue weighted by Crippen LogP contribution is 2.23. The van der Waals surface area contributed by atoms with E-state index in [-0.39, 0.29) is 6.61 Å². The number of amides is 1. The van der Waals surface area contributed by atoms with Crippen LogP contribution in [0.25, 0.3) is 0 Å². The van der Waals surface area contributed by atoms with Crippen LogP contribution in [0.4, 0.5) is 0 Å². The van der Waals surface area contributed by atoms with Gasteiger partial charge in [0.25, 0.3) is 0 Å². The third-order valence-corrected chi connectivity index (χ3v) is 11.4. The fourth-order valence-electron chi connectivity index (χ4n) is 7.45. The van der Waals surface area contributed by atoms with Gasteiger partial charge in [0, 0.05) is 0 Å². The summed E-state index contributed by atoms with van der Waals surface area (Å²) in [6, 6.07) is -0.985. The SMILES string of the molecule is CCCCCCCC=CCCCCC=CC(O)C(COC1OC(CO)C(O)C(O)C1O)NC(=O)C(O)CCCCCCCCCCCCCCCCCCCCC. The molecule has 8 atom stereocenters. The second-order valence-electron chi connectivity index (χ2n) is 16.7. The number of aliphatic hydroxyl groups excluding tert-OH is 6. The number of aliphatic hydroxyl groups is 6. The summed E-state index contributed by atoms with van der Waals surface area (Å²) in [5.41, 5.74) is 0. The first-order valence-corrected chi connectivity index (χ1v) is 23.7. The van der Waals surface area contributed by atoms with Crippen molar-refractivity contribution in [1.82, 2.24) is 5.32 Å². The Morgan fingerprint density at radius 2 is 1.02 bits per heavy atom. The van der Waals surface area contributed by atoms with Crippen LogP contribution in [0.2, 0.25) is 0 Å². The van der Waals surface area contributed by atoms with Crippen LogP contribution >= 0.6 is 0 Å². The summed E-state index contributed by atoms with van der Waals surface area (Å²) in [4.78, 5) is 13.0. The van der Waals surface area contributed by atoms with Crippen LogP contribution in [-0.4, -0.2) is 98.7 Å². The van der Waals surface area contributed by atoms with Gasteiger partial charge in [0.15, 0.2) is 6.29 Å². The predicted molar refractivity (Wildman–Crippen MR) is 232 cm³/mol. The Bertz CT molecular complexity index is 963. The maximum absolute atomic E-state index is 13.0. The van der Waals surface area contributed by atoms with Gasteiger partial charge in [-0.2, -0.15) is 0 Å². The van der Waals surface area contributed by atoms with E-state index < -0.39 is 61.5 Å². The molecule has 1 aliphatic heterocycles. The minimum atomic E-state index is -1.61. The average molecular weight is 812 g/mol. The van der Waals surface area contributed by atoms with E-state index in [9.17, 15) is 35.4 Å². The minimum absolute atomic E-state index is 0.310. The average Bonchev–Trinajstić information content (AvgIpc) is 3.21. The summed E-state index contributed by atoms with van der Waals surface area (Å²) >= 11 is 0.